The van der Waals surface area contributed by atoms with Gasteiger partial charge in [0.1, 0.15) is 5.15 Å². The highest BCUT2D eigenvalue weighted by molar-refractivity contribution is 6.30. The molecule has 90 valence electrons. The van der Waals surface area contributed by atoms with Gasteiger partial charge in [0, 0.05) is 5.56 Å². The standard InChI is InChI=1S/C13H15ClN2O/c1-9-4-3-5-11(6-9)7-16-13(14)12(8-17)10(2)15-16/h3-6,17H,7-8H2,1-2H3. The fourth-order valence-electron chi connectivity index (χ4n) is 1.86. The number of rotatable bonds is 3. The highest BCUT2D eigenvalue weighted by Crippen LogP contribution is 2.20. The number of aromatic nitrogens is 2. The molecule has 0 radical (unpaired) electrons. The Morgan fingerprint density at radius 1 is 1.35 bits per heavy atom. The van der Waals surface area contributed by atoms with E-state index in [9.17, 15) is 5.11 Å². The van der Waals surface area contributed by atoms with E-state index in [1.807, 2.05) is 19.1 Å². The van der Waals surface area contributed by atoms with Crippen LogP contribution in [0.3, 0.4) is 0 Å². The van der Waals surface area contributed by atoms with Crippen LogP contribution in [0.15, 0.2) is 24.3 Å². The summed E-state index contributed by atoms with van der Waals surface area (Å²) in [5.41, 5.74) is 3.85. The van der Waals surface area contributed by atoms with Crippen LogP contribution in [0.5, 0.6) is 0 Å². The summed E-state index contributed by atoms with van der Waals surface area (Å²) in [5, 5.41) is 14.0. The average Bonchev–Trinajstić information content (AvgIpc) is 2.54. The maximum absolute atomic E-state index is 9.19. The van der Waals surface area contributed by atoms with E-state index in [1.54, 1.807) is 4.68 Å². The Bertz CT molecular complexity index is 534. The summed E-state index contributed by atoms with van der Waals surface area (Å²) >= 11 is 6.16. The van der Waals surface area contributed by atoms with Crippen molar-refractivity contribution in [2.75, 3.05) is 0 Å². The van der Waals surface area contributed by atoms with Crippen molar-refractivity contribution < 1.29 is 5.11 Å². The minimum atomic E-state index is -0.0709. The predicted octanol–water partition coefficient (Wildman–Crippen LogP) is 2.69. The van der Waals surface area contributed by atoms with Gasteiger partial charge < -0.3 is 5.11 Å². The van der Waals surface area contributed by atoms with Crippen molar-refractivity contribution in [3.05, 3.63) is 51.8 Å². The molecule has 3 nitrogen and oxygen atoms in total. The number of hydrogen-bond acceptors (Lipinski definition) is 2. The van der Waals surface area contributed by atoms with Gasteiger partial charge in [-0.05, 0) is 19.4 Å². The van der Waals surface area contributed by atoms with Gasteiger partial charge in [-0.15, -0.1) is 0 Å². The zero-order valence-corrected chi connectivity index (χ0v) is 10.7. The quantitative estimate of drug-likeness (QED) is 0.910. The van der Waals surface area contributed by atoms with Gasteiger partial charge in [-0.3, -0.25) is 0 Å². The average molecular weight is 251 g/mol. The number of benzene rings is 1. The SMILES string of the molecule is Cc1cccc(Cn2nc(C)c(CO)c2Cl)c1. The van der Waals surface area contributed by atoms with Crippen molar-refractivity contribution in [3.8, 4) is 0 Å². The molecule has 0 aliphatic heterocycles. The van der Waals surface area contributed by atoms with Gasteiger partial charge in [0.05, 0.1) is 18.8 Å². The first-order chi connectivity index (χ1) is 8.11. The Morgan fingerprint density at radius 3 is 2.71 bits per heavy atom. The van der Waals surface area contributed by atoms with Crippen LogP contribution in [0.25, 0.3) is 0 Å². The summed E-state index contributed by atoms with van der Waals surface area (Å²) in [7, 11) is 0. The smallest absolute Gasteiger partial charge is 0.133 e. The van der Waals surface area contributed by atoms with Crippen molar-refractivity contribution in [1.82, 2.24) is 9.78 Å². The fraction of sp³-hybridized carbons (Fsp3) is 0.308. The lowest BCUT2D eigenvalue weighted by Crippen LogP contribution is -2.02. The van der Waals surface area contributed by atoms with E-state index in [0.29, 0.717) is 17.3 Å². The molecule has 1 aromatic carbocycles. The number of aliphatic hydroxyl groups excluding tert-OH is 1. The summed E-state index contributed by atoms with van der Waals surface area (Å²) in [6.45, 7) is 4.46. The van der Waals surface area contributed by atoms with E-state index in [0.717, 1.165) is 11.3 Å². The Labute approximate surface area is 106 Å². The molecule has 0 fully saturated rings. The number of aliphatic hydroxyl groups is 1. The maximum atomic E-state index is 9.19. The van der Waals surface area contributed by atoms with Crippen LogP contribution in [0.4, 0.5) is 0 Å². The third-order valence-electron chi connectivity index (χ3n) is 2.76. The van der Waals surface area contributed by atoms with Gasteiger partial charge in [0.2, 0.25) is 0 Å². The second-order valence-electron chi connectivity index (χ2n) is 4.16. The highest BCUT2D eigenvalue weighted by Gasteiger charge is 2.12. The van der Waals surface area contributed by atoms with Crippen LogP contribution < -0.4 is 0 Å². The molecule has 0 aliphatic carbocycles. The van der Waals surface area contributed by atoms with Crippen molar-refractivity contribution in [2.24, 2.45) is 0 Å². The molecular formula is C13H15ClN2O. The van der Waals surface area contributed by atoms with Gasteiger partial charge in [0.15, 0.2) is 0 Å². The van der Waals surface area contributed by atoms with E-state index in [-0.39, 0.29) is 6.61 Å². The minimum absolute atomic E-state index is 0.0709. The highest BCUT2D eigenvalue weighted by atomic mass is 35.5. The molecule has 2 rings (SSSR count). The van der Waals surface area contributed by atoms with Crippen LogP contribution in [-0.2, 0) is 13.2 Å². The van der Waals surface area contributed by atoms with Crippen molar-refractivity contribution in [3.63, 3.8) is 0 Å². The summed E-state index contributed by atoms with van der Waals surface area (Å²) in [5.74, 6) is 0. The van der Waals surface area contributed by atoms with Crippen molar-refractivity contribution in [2.45, 2.75) is 27.0 Å². The molecule has 0 bridgehead atoms. The fourth-order valence-corrected chi connectivity index (χ4v) is 2.15. The lowest BCUT2D eigenvalue weighted by Gasteiger charge is -2.04. The van der Waals surface area contributed by atoms with Crippen LogP contribution in [0.2, 0.25) is 5.15 Å². The monoisotopic (exact) mass is 250 g/mol. The lowest BCUT2D eigenvalue weighted by molar-refractivity contribution is 0.281. The number of aryl methyl sites for hydroxylation is 2. The van der Waals surface area contributed by atoms with Gasteiger partial charge in [-0.2, -0.15) is 5.10 Å². The van der Waals surface area contributed by atoms with Crippen molar-refractivity contribution in [1.29, 1.82) is 0 Å². The van der Waals surface area contributed by atoms with E-state index in [2.05, 4.69) is 24.2 Å². The second kappa shape index (κ2) is 4.90. The first-order valence-corrected chi connectivity index (χ1v) is 5.88. The molecule has 0 saturated heterocycles. The molecule has 0 unspecified atom stereocenters. The first-order valence-electron chi connectivity index (χ1n) is 5.50. The normalized spacial score (nSPS) is 10.8. The number of hydrogen-bond donors (Lipinski definition) is 1. The Morgan fingerprint density at radius 2 is 2.12 bits per heavy atom. The zero-order valence-electron chi connectivity index (χ0n) is 9.94. The second-order valence-corrected chi connectivity index (χ2v) is 4.52. The predicted molar refractivity (Wildman–Crippen MR) is 68.2 cm³/mol. The maximum Gasteiger partial charge on any atom is 0.133 e. The molecule has 0 spiro atoms. The molecule has 1 N–H and O–H groups in total. The summed E-state index contributed by atoms with van der Waals surface area (Å²) in [6, 6.07) is 8.21. The topological polar surface area (TPSA) is 38.0 Å². The number of nitrogens with zero attached hydrogens (tertiary/aromatic N) is 2. The van der Waals surface area contributed by atoms with Crippen LogP contribution in [-0.4, -0.2) is 14.9 Å². The largest absolute Gasteiger partial charge is 0.391 e. The van der Waals surface area contributed by atoms with E-state index < -0.39 is 0 Å². The third-order valence-corrected chi connectivity index (χ3v) is 3.18. The molecule has 17 heavy (non-hydrogen) atoms. The molecular weight excluding hydrogens is 236 g/mol. The summed E-state index contributed by atoms with van der Waals surface area (Å²) < 4.78 is 1.72. The summed E-state index contributed by atoms with van der Waals surface area (Å²) in [4.78, 5) is 0. The molecule has 1 heterocycles. The van der Waals surface area contributed by atoms with Gasteiger partial charge in [-0.1, -0.05) is 41.4 Å². The molecule has 4 heteroatoms. The Balaban J connectivity index is 2.30. The molecule has 0 aliphatic rings. The van der Waals surface area contributed by atoms with Crippen LogP contribution >= 0.6 is 11.6 Å². The van der Waals surface area contributed by atoms with E-state index in [1.165, 1.54) is 5.56 Å². The molecule has 0 amide bonds. The third kappa shape index (κ3) is 2.51. The molecule has 2 aromatic rings. The molecule has 0 saturated carbocycles. The minimum Gasteiger partial charge on any atom is -0.391 e. The zero-order chi connectivity index (χ0) is 12.4. The van der Waals surface area contributed by atoms with Gasteiger partial charge >= 0.3 is 0 Å². The van der Waals surface area contributed by atoms with E-state index in [4.69, 9.17) is 11.6 Å². The molecule has 0 atom stereocenters. The van der Waals surface area contributed by atoms with Crippen LogP contribution in [0.1, 0.15) is 22.4 Å². The lowest BCUT2D eigenvalue weighted by atomic mass is 10.1. The van der Waals surface area contributed by atoms with Crippen molar-refractivity contribution >= 4 is 11.6 Å². The Kier molecular flexibility index (Phi) is 3.50. The number of halogens is 1. The van der Waals surface area contributed by atoms with Gasteiger partial charge in [-0.25, -0.2) is 4.68 Å². The molecule has 1 aromatic heterocycles. The van der Waals surface area contributed by atoms with Gasteiger partial charge in [0.25, 0.3) is 0 Å². The van der Waals surface area contributed by atoms with Crippen LogP contribution in [0, 0.1) is 13.8 Å². The van der Waals surface area contributed by atoms with E-state index >= 15 is 0 Å². The summed E-state index contributed by atoms with van der Waals surface area (Å²) in [6.07, 6.45) is 0. The Hall–Kier alpha value is -1.32. The first kappa shape index (κ1) is 12.1.